The summed E-state index contributed by atoms with van der Waals surface area (Å²) < 4.78 is 5.47. The Hall–Kier alpha value is -1.39. The summed E-state index contributed by atoms with van der Waals surface area (Å²) in [7, 11) is 0. The van der Waals surface area contributed by atoms with E-state index in [0.29, 0.717) is 6.42 Å². The lowest BCUT2D eigenvalue weighted by Crippen LogP contribution is -2.21. The summed E-state index contributed by atoms with van der Waals surface area (Å²) in [6, 6.07) is 0. The molecule has 0 aromatic carbocycles. The number of carbonyl (C=O) groups excluding carboxylic acids is 1. The number of hydrogen-bond donors (Lipinski definition) is 1. The van der Waals surface area contributed by atoms with Gasteiger partial charge in [-0.2, -0.15) is 0 Å². The molecule has 0 spiro atoms. The van der Waals surface area contributed by atoms with Gasteiger partial charge in [-0.1, -0.05) is 56.2 Å². The Labute approximate surface area is 145 Å². The third-order valence-corrected chi connectivity index (χ3v) is 3.99. The highest BCUT2D eigenvalue weighted by Crippen LogP contribution is 2.29. The predicted molar refractivity (Wildman–Crippen MR) is 94.3 cm³/mol. The molecule has 1 aliphatic rings. The van der Waals surface area contributed by atoms with Crippen LogP contribution in [0.3, 0.4) is 0 Å². The molecule has 0 bridgehead atoms. The molecule has 0 radical (unpaired) electrons. The van der Waals surface area contributed by atoms with Crippen LogP contribution in [-0.2, 0) is 9.53 Å². The minimum atomic E-state index is -1.00. The van der Waals surface area contributed by atoms with Gasteiger partial charge >= 0.3 is 0 Å². The van der Waals surface area contributed by atoms with Gasteiger partial charge in [0, 0.05) is 5.97 Å². The van der Waals surface area contributed by atoms with Crippen molar-refractivity contribution in [2.75, 3.05) is 0 Å². The van der Waals surface area contributed by atoms with Crippen LogP contribution in [0.2, 0.25) is 0 Å². The van der Waals surface area contributed by atoms with Crippen LogP contribution in [0.25, 0.3) is 0 Å². The Morgan fingerprint density at radius 3 is 2.62 bits per heavy atom. The van der Waals surface area contributed by atoms with Gasteiger partial charge in [-0.05, 0) is 44.9 Å². The van der Waals surface area contributed by atoms with Crippen LogP contribution in [0.5, 0.6) is 0 Å². The van der Waals surface area contributed by atoms with Gasteiger partial charge in [-0.15, -0.1) is 0 Å². The summed E-state index contributed by atoms with van der Waals surface area (Å²) in [5.74, 6) is -1.00. The van der Waals surface area contributed by atoms with Crippen LogP contribution < -0.4 is 5.11 Å². The summed E-state index contributed by atoms with van der Waals surface area (Å²) in [6.45, 7) is 2.20. The van der Waals surface area contributed by atoms with Gasteiger partial charge in [-0.3, -0.25) is 0 Å². The van der Waals surface area contributed by atoms with Crippen LogP contribution in [0, 0.1) is 0 Å². The number of epoxide rings is 1. The summed E-state index contributed by atoms with van der Waals surface area (Å²) >= 11 is 0. The van der Waals surface area contributed by atoms with Crippen molar-refractivity contribution in [1.82, 2.24) is 0 Å². The first kappa shape index (κ1) is 20.7. The van der Waals surface area contributed by atoms with Crippen LogP contribution in [0.1, 0.15) is 64.7 Å². The lowest BCUT2D eigenvalue weighted by Gasteiger charge is -1.99. The molecule has 1 saturated heterocycles. The Morgan fingerprint density at radius 2 is 1.88 bits per heavy atom. The maximum absolute atomic E-state index is 10.3. The fourth-order valence-electron chi connectivity index (χ4n) is 2.49. The zero-order valence-electron chi connectivity index (χ0n) is 14.7. The van der Waals surface area contributed by atoms with Crippen LogP contribution in [0.4, 0.5) is 0 Å². The molecule has 0 saturated carbocycles. The van der Waals surface area contributed by atoms with Crippen molar-refractivity contribution in [3.63, 3.8) is 0 Å². The lowest BCUT2D eigenvalue weighted by atomic mass is 10.1. The second kappa shape index (κ2) is 13.0. The lowest BCUT2D eigenvalue weighted by molar-refractivity contribution is -0.305. The van der Waals surface area contributed by atoms with Gasteiger partial charge in [0.15, 0.2) is 0 Å². The zero-order valence-corrected chi connectivity index (χ0v) is 14.7. The molecule has 136 valence electrons. The second-order valence-electron chi connectivity index (χ2n) is 6.23. The average Bonchev–Trinajstić information content (AvgIpc) is 3.32. The fraction of sp³-hybridized carbons (Fsp3) is 0.650. The predicted octanol–water partition coefficient (Wildman–Crippen LogP) is 3.06. The molecular formula is C20H31O4-. The first-order valence-electron chi connectivity index (χ1n) is 9.15. The van der Waals surface area contributed by atoms with E-state index in [9.17, 15) is 15.0 Å². The topological polar surface area (TPSA) is 72.9 Å². The maximum Gasteiger partial charge on any atom is 0.114 e. The Morgan fingerprint density at radius 1 is 1.12 bits per heavy atom. The second-order valence-corrected chi connectivity index (χ2v) is 6.23. The van der Waals surface area contributed by atoms with Gasteiger partial charge in [0.25, 0.3) is 0 Å². The van der Waals surface area contributed by atoms with E-state index in [-0.39, 0.29) is 18.6 Å². The molecule has 0 unspecified atom stereocenters. The smallest absolute Gasteiger partial charge is 0.114 e. The Kier molecular flexibility index (Phi) is 11.2. The van der Waals surface area contributed by atoms with Crippen LogP contribution in [-0.4, -0.2) is 29.4 Å². The molecule has 1 heterocycles. The van der Waals surface area contributed by atoms with Gasteiger partial charge in [0.05, 0.1) is 6.10 Å². The minimum absolute atomic E-state index is 0.0756. The van der Waals surface area contributed by atoms with E-state index in [1.807, 2.05) is 24.3 Å². The molecule has 1 N–H and O–H groups in total. The zero-order chi connectivity index (χ0) is 17.6. The van der Waals surface area contributed by atoms with E-state index in [4.69, 9.17) is 4.74 Å². The van der Waals surface area contributed by atoms with E-state index < -0.39 is 12.1 Å². The number of aliphatic hydroxyl groups excluding tert-OH is 1. The highest BCUT2D eigenvalue weighted by Gasteiger charge is 2.42. The van der Waals surface area contributed by atoms with Crippen molar-refractivity contribution in [3.05, 3.63) is 36.5 Å². The molecule has 0 aliphatic carbocycles. The van der Waals surface area contributed by atoms with Gasteiger partial charge < -0.3 is 19.7 Å². The monoisotopic (exact) mass is 335 g/mol. The highest BCUT2D eigenvalue weighted by molar-refractivity contribution is 5.64. The number of carboxylic acids is 1. The van der Waals surface area contributed by atoms with Gasteiger partial charge in [-0.25, -0.2) is 0 Å². The SMILES string of the molecule is CCCCC/C=C\C/C=C\[C@H](O)[C@H]1O[C@H]1C/C=C\CCCC(=O)[O-]. The van der Waals surface area contributed by atoms with E-state index in [0.717, 1.165) is 25.7 Å². The molecule has 4 nitrogen and oxygen atoms in total. The van der Waals surface area contributed by atoms with Crippen molar-refractivity contribution in [2.24, 2.45) is 0 Å². The van der Waals surface area contributed by atoms with Gasteiger partial charge in [0.1, 0.15) is 12.2 Å². The first-order valence-corrected chi connectivity index (χ1v) is 9.15. The van der Waals surface area contributed by atoms with Crippen molar-refractivity contribution in [2.45, 2.75) is 83.0 Å². The number of carboxylic acid groups (broad SMARTS) is 1. The minimum Gasteiger partial charge on any atom is -0.550 e. The molecular weight excluding hydrogens is 304 g/mol. The molecule has 0 amide bonds. The van der Waals surface area contributed by atoms with Crippen molar-refractivity contribution in [1.29, 1.82) is 0 Å². The molecule has 4 heteroatoms. The van der Waals surface area contributed by atoms with Crippen molar-refractivity contribution >= 4 is 5.97 Å². The van der Waals surface area contributed by atoms with Crippen molar-refractivity contribution < 1.29 is 19.7 Å². The molecule has 1 rings (SSSR count). The summed E-state index contributed by atoms with van der Waals surface area (Å²) in [5.41, 5.74) is 0. The van der Waals surface area contributed by atoms with Crippen LogP contribution >= 0.6 is 0 Å². The molecule has 24 heavy (non-hydrogen) atoms. The molecule has 0 aromatic rings. The number of hydrogen-bond acceptors (Lipinski definition) is 4. The Balaban J connectivity index is 2.04. The number of ether oxygens (including phenoxy) is 1. The quantitative estimate of drug-likeness (QED) is 0.301. The maximum atomic E-state index is 10.3. The van der Waals surface area contributed by atoms with E-state index in [1.165, 1.54) is 19.3 Å². The third kappa shape index (κ3) is 10.4. The number of unbranched alkanes of at least 4 members (excludes halogenated alkanes) is 4. The number of rotatable bonds is 14. The average molecular weight is 335 g/mol. The number of aliphatic hydroxyl groups is 1. The first-order chi connectivity index (χ1) is 11.6. The van der Waals surface area contributed by atoms with E-state index in [2.05, 4.69) is 19.1 Å². The van der Waals surface area contributed by atoms with Crippen LogP contribution in [0.15, 0.2) is 36.5 Å². The number of aliphatic carboxylic acids is 1. The van der Waals surface area contributed by atoms with Gasteiger partial charge in [0.2, 0.25) is 0 Å². The van der Waals surface area contributed by atoms with E-state index in [1.54, 1.807) is 0 Å². The normalized spacial score (nSPS) is 21.9. The summed E-state index contributed by atoms with van der Waals surface area (Å²) in [6.07, 6.45) is 19.5. The standard InChI is InChI=1S/C20H32O4/c1-2-3-4-5-6-7-8-11-14-17(21)20-18(24-20)15-12-9-10-13-16-19(22)23/h6-7,9,11-12,14,17-18,20-21H,2-5,8,10,13,15-16H2,1H3,(H,22,23)/p-1/b7-6-,12-9-,14-11-/t17-,18-,20+/m0/s1. The Bertz CT molecular complexity index is 425. The largest absolute Gasteiger partial charge is 0.550 e. The molecule has 1 aliphatic heterocycles. The number of allylic oxidation sites excluding steroid dienone is 4. The highest BCUT2D eigenvalue weighted by atomic mass is 16.6. The summed E-state index contributed by atoms with van der Waals surface area (Å²) in [4.78, 5) is 10.3. The molecule has 1 fully saturated rings. The third-order valence-electron chi connectivity index (χ3n) is 3.99. The molecule has 3 atom stereocenters. The van der Waals surface area contributed by atoms with Crippen molar-refractivity contribution in [3.8, 4) is 0 Å². The fourth-order valence-corrected chi connectivity index (χ4v) is 2.49. The number of carbonyl (C=O) groups is 1. The molecule has 0 aromatic heterocycles. The van der Waals surface area contributed by atoms with E-state index >= 15 is 0 Å². The summed E-state index contributed by atoms with van der Waals surface area (Å²) in [5, 5.41) is 20.3.